The van der Waals surface area contributed by atoms with Gasteiger partial charge in [-0.25, -0.2) is 14.8 Å². The maximum absolute atomic E-state index is 12.7. The van der Waals surface area contributed by atoms with Gasteiger partial charge in [-0.15, -0.1) is 0 Å². The molecule has 0 unspecified atom stereocenters. The second kappa shape index (κ2) is 11.3. The topological polar surface area (TPSA) is 122 Å². The molecule has 1 saturated heterocycles. The summed E-state index contributed by atoms with van der Waals surface area (Å²) in [4.78, 5) is 50.5. The van der Waals surface area contributed by atoms with Gasteiger partial charge >= 0.3 is 12.0 Å². The molecule has 0 radical (unpaired) electrons. The zero-order valence-electron chi connectivity index (χ0n) is 18.2. The molecule has 1 aliphatic rings. The van der Waals surface area contributed by atoms with Crippen molar-refractivity contribution >= 4 is 23.8 Å². The maximum Gasteiger partial charge on any atom is 0.333 e. The Morgan fingerprint density at radius 1 is 1.13 bits per heavy atom. The molecule has 0 saturated carbocycles. The molecule has 3 N–H and O–H groups in total. The molecule has 170 valence electrons. The summed E-state index contributed by atoms with van der Waals surface area (Å²) in [5, 5.41) is 17.5. The molecular formula is C21H31N5O5. The van der Waals surface area contributed by atoms with Gasteiger partial charge in [0.25, 0.3) is 0 Å². The molecule has 31 heavy (non-hydrogen) atoms. The predicted octanol–water partition coefficient (Wildman–Crippen LogP) is 0.850. The van der Waals surface area contributed by atoms with Gasteiger partial charge in [0.05, 0.1) is 13.0 Å². The zero-order valence-corrected chi connectivity index (χ0v) is 18.2. The predicted molar refractivity (Wildman–Crippen MR) is 113 cm³/mol. The van der Waals surface area contributed by atoms with E-state index in [2.05, 4.69) is 10.6 Å². The Bertz CT molecular complexity index is 786. The molecule has 10 nitrogen and oxygen atoms in total. The first-order valence-corrected chi connectivity index (χ1v) is 10.3. The highest BCUT2D eigenvalue weighted by atomic mass is 16.4. The number of aliphatic carboxylic acids is 1. The molecule has 0 bridgehead atoms. The van der Waals surface area contributed by atoms with Gasteiger partial charge in [-0.1, -0.05) is 44.2 Å². The van der Waals surface area contributed by atoms with Crippen LogP contribution in [0.5, 0.6) is 0 Å². The summed E-state index contributed by atoms with van der Waals surface area (Å²) in [6, 6.07) is 7.71. The van der Waals surface area contributed by atoms with Crippen molar-refractivity contribution in [1.82, 2.24) is 25.6 Å². The van der Waals surface area contributed by atoms with Crippen LogP contribution in [-0.2, 0) is 20.9 Å². The van der Waals surface area contributed by atoms with Crippen molar-refractivity contribution in [2.75, 3.05) is 26.8 Å². The number of carbonyl (C=O) groups excluding carboxylic acids is 3. The Balaban J connectivity index is 2.08. The summed E-state index contributed by atoms with van der Waals surface area (Å²) >= 11 is 0. The Kier molecular flexibility index (Phi) is 8.80. The van der Waals surface area contributed by atoms with Crippen LogP contribution in [0.1, 0.15) is 32.3 Å². The molecular weight excluding hydrogens is 402 g/mol. The number of hydrazine groups is 1. The van der Waals surface area contributed by atoms with E-state index in [-0.39, 0.29) is 13.2 Å². The lowest BCUT2D eigenvalue weighted by Crippen LogP contribution is -2.65. The average Bonchev–Trinajstić information content (AvgIpc) is 2.71. The highest BCUT2D eigenvalue weighted by Gasteiger charge is 2.39. The first-order chi connectivity index (χ1) is 14.7. The lowest BCUT2D eigenvalue weighted by molar-refractivity contribution is -0.160. The molecule has 0 spiro atoms. The first-order valence-electron chi connectivity index (χ1n) is 10.3. The van der Waals surface area contributed by atoms with Crippen molar-refractivity contribution < 1.29 is 24.3 Å². The minimum atomic E-state index is -1.20. The molecule has 1 aliphatic heterocycles. The third kappa shape index (κ3) is 7.25. The highest BCUT2D eigenvalue weighted by Crippen LogP contribution is 2.15. The van der Waals surface area contributed by atoms with Gasteiger partial charge in [0.15, 0.2) is 0 Å². The minimum absolute atomic E-state index is 0.145. The summed E-state index contributed by atoms with van der Waals surface area (Å²) in [5.41, 5.74) is 0.914. The Labute approximate surface area is 182 Å². The fourth-order valence-electron chi connectivity index (χ4n) is 3.17. The third-order valence-electron chi connectivity index (χ3n) is 4.97. The van der Waals surface area contributed by atoms with Crippen molar-refractivity contribution in [3.63, 3.8) is 0 Å². The summed E-state index contributed by atoms with van der Waals surface area (Å²) in [5.74, 6) is -1.78. The number of urea groups is 1. The number of carbonyl (C=O) groups is 4. The van der Waals surface area contributed by atoms with Crippen molar-refractivity contribution in [2.45, 2.75) is 39.3 Å². The van der Waals surface area contributed by atoms with Gasteiger partial charge in [-0.05, 0) is 17.9 Å². The van der Waals surface area contributed by atoms with E-state index < -0.39 is 36.3 Å². The second-order valence-corrected chi connectivity index (χ2v) is 7.95. The van der Waals surface area contributed by atoms with Gasteiger partial charge in [0.1, 0.15) is 12.7 Å². The number of likely N-dealkylation sites (N-methyl/N-ethyl adjacent to an activating group) is 1. The molecule has 1 aromatic rings. The van der Waals surface area contributed by atoms with Crippen LogP contribution in [0.15, 0.2) is 30.3 Å². The summed E-state index contributed by atoms with van der Waals surface area (Å²) in [7, 11) is 1.59. The van der Waals surface area contributed by atoms with E-state index >= 15 is 0 Å². The van der Waals surface area contributed by atoms with E-state index in [9.17, 15) is 24.3 Å². The molecule has 1 atom stereocenters. The van der Waals surface area contributed by atoms with Crippen molar-refractivity contribution in [3.8, 4) is 0 Å². The first kappa shape index (κ1) is 24.1. The van der Waals surface area contributed by atoms with Crippen molar-refractivity contribution in [3.05, 3.63) is 35.9 Å². The smallest absolute Gasteiger partial charge is 0.333 e. The third-order valence-corrected chi connectivity index (χ3v) is 4.97. The quantitative estimate of drug-likeness (QED) is 0.531. The molecule has 0 aliphatic carbocycles. The number of nitrogens with one attached hydrogen (secondary N) is 2. The zero-order chi connectivity index (χ0) is 23.0. The van der Waals surface area contributed by atoms with E-state index in [4.69, 9.17) is 0 Å². The second-order valence-electron chi connectivity index (χ2n) is 7.95. The van der Waals surface area contributed by atoms with Crippen LogP contribution in [-0.4, -0.2) is 76.7 Å². The Morgan fingerprint density at radius 2 is 1.81 bits per heavy atom. The lowest BCUT2D eigenvalue weighted by atomic mass is 10.1. The van der Waals surface area contributed by atoms with Crippen molar-refractivity contribution in [1.29, 1.82) is 0 Å². The highest BCUT2D eigenvalue weighted by molar-refractivity contribution is 5.92. The van der Waals surface area contributed by atoms with E-state index in [0.29, 0.717) is 19.0 Å². The van der Waals surface area contributed by atoms with Gasteiger partial charge in [0, 0.05) is 20.1 Å². The van der Waals surface area contributed by atoms with Crippen LogP contribution in [0.4, 0.5) is 4.79 Å². The summed E-state index contributed by atoms with van der Waals surface area (Å²) in [6.45, 7) is 4.34. The van der Waals surface area contributed by atoms with Crippen LogP contribution in [0.2, 0.25) is 0 Å². The average molecular weight is 434 g/mol. The van der Waals surface area contributed by atoms with Crippen LogP contribution >= 0.6 is 0 Å². The van der Waals surface area contributed by atoms with Crippen molar-refractivity contribution in [2.24, 2.45) is 5.92 Å². The normalized spacial score (nSPS) is 15.7. The fourth-order valence-corrected chi connectivity index (χ4v) is 3.17. The van der Waals surface area contributed by atoms with E-state index in [0.717, 1.165) is 16.9 Å². The Morgan fingerprint density at radius 3 is 2.42 bits per heavy atom. The van der Waals surface area contributed by atoms with Crippen LogP contribution < -0.4 is 10.6 Å². The molecule has 10 heteroatoms. The van der Waals surface area contributed by atoms with Crippen LogP contribution in [0.3, 0.4) is 0 Å². The Hall–Kier alpha value is -3.14. The van der Waals surface area contributed by atoms with E-state index in [1.54, 1.807) is 7.05 Å². The standard InChI is InChI=1S/C21H31N5O5/c1-15(2)9-10-22-20(30)17(11-19(28)29)25-14-26(24(3)13-18(25)27)21(31)23-12-16-7-5-4-6-8-16/h4-8,15,17H,9-14H2,1-3H3,(H,22,30)(H,23,31)(H,28,29)/t17-/m0/s1. The number of nitrogens with zero attached hydrogens (tertiary/aromatic N) is 3. The van der Waals surface area contributed by atoms with Gasteiger partial charge in [-0.2, -0.15) is 0 Å². The number of carboxylic acids is 1. The fraction of sp³-hybridized carbons (Fsp3) is 0.524. The van der Waals surface area contributed by atoms with E-state index in [1.165, 1.54) is 10.0 Å². The largest absolute Gasteiger partial charge is 0.481 e. The van der Waals surface area contributed by atoms with E-state index in [1.807, 2.05) is 44.2 Å². The number of hydrogen-bond donors (Lipinski definition) is 3. The molecule has 2 rings (SSSR count). The minimum Gasteiger partial charge on any atom is -0.481 e. The molecule has 1 heterocycles. The molecule has 0 aromatic heterocycles. The number of hydrogen-bond acceptors (Lipinski definition) is 5. The number of amides is 4. The van der Waals surface area contributed by atoms with Gasteiger partial charge in [-0.3, -0.25) is 14.4 Å². The lowest BCUT2D eigenvalue weighted by Gasteiger charge is -2.43. The van der Waals surface area contributed by atoms with Gasteiger partial charge < -0.3 is 20.6 Å². The van der Waals surface area contributed by atoms with Crippen LogP contribution in [0, 0.1) is 5.92 Å². The van der Waals surface area contributed by atoms with Crippen LogP contribution in [0.25, 0.3) is 0 Å². The summed E-state index contributed by atoms with van der Waals surface area (Å²) in [6.07, 6.45) is 0.193. The molecule has 4 amide bonds. The monoisotopic (exact) mass is 433 g/mol. The number of benzene rings is 1. The maximum atomic E-state index is 12.7. The number of rotatable bonds is 9. The summed E-state index contributed by atoms with van der Waals surface area (Å²) < 4.78 is 0. The molecule has 1 fully saturated rings. The van der Waals surface area contributed by atoms with Gasteiger partial charge in [0.2, 0.25) is 11.8 Å². The number of carboxylic acid groups (broad SMARTS) is 1. The SMILES string of the molecule is CC(C)CCNC(=O)[C@H](CC(=O)O)N1CN(C(=O)NCc2ccccc2)N(C)CC1=O. The molecule has 1 aromatic carbocycles.